The smallest absolute Gasteiger partial charge is 0.383 e. The molecule has 0 bridgehead atoms. The third-order valence-corrected chi connectivity index (χ3v) is 5.05. The summed E-state index contributed by atoms with van der Waals surface area (Å²) in [5, 5.41) is 10.1. The highest BCUT2D eigenvalue weighted by atomic mass is 19.4. The fourth-order valence-electron chi connectivity index (χ4n) is 3.38. The van der Waals surface area contributed by atoms with Crippen molar-refractivity contribution in [3.8, 4) is 0 Å². The first kappa shape index (κ1) is 19.8. The lowest BCUT2D eigenvalue weighted by Gasteiger charge is -2.24. The molecule has 3 heterocycles. The van der Waals surface area contributed by atoms with Crippen molar-refractivity contribution in [3.63, 3.8) is 0 Å². The molecule has 0 spiro atoms. The number of nitrogens with one attached hydrogen (secondary N) is 2. The van der Waals surface area contributed by atoms with Crippen LogP contribution in [0.15, 0.2) is 42.4 Å². The van der Waals surface area contributed by atoms with Crippen molar-refractivity contribution >= 4 is 23.2 Å². The summed E-state index contributed by atoms with van der Waals surface area (Å²) in [6.07, 6.45) is 1.72. The second kappa shape index (κ2) is 7.39. The van der Waals surface area contributed by atoms with Crippen molar-refractivity contribution in [3.05, 3.63) is 53.6 Å². The molecule has 11 heteroatoms. The Hall–Kier alpha value is -3.50. The number of hydrogen-bond donors (Lipinski definition) is 3. The van der Waals surface area contributed by atoms with E-state index < -0.39 is 11.9 Å². The molecule has 8 nitrogen and oxygen atoms in total. The van der Waals surface area contributed by atoms with Gasteiger partial charge < -0.3 is 16.4 Å². The number of imidazole rings is 1. The van der Waals surface area contributed by atoms with E-state index in [9.17, 15) is 18.0 Å². The highest BCUT2D eigenvalue weighted by molar-refractivity contribution is 5.98. The summed E-state index contributed by atoms with van der Waals surface area (Å²) in [5.74, 6) is 0.513. The molecule has 4 N–H and O–H groups in total. The number of halogens is 3. The number of aryl methyl sites for hydroxylation is 1. The zero-order valence-electron chi connectivity index (χ0n) is 16.1. The Labute approximate surface area is 169 Å². The summed E-state index contributed by atoms with van der Waals surface area (Å²) in [6.45, 7) is 0. The van der Waals surface area contributed by atoms with E-state index >= 15 is 0 Å². The maximum Gasteiger partial charge on any atom is 0.434 e. The average molecular weight is 419 g/mol. The van der Waals surface area contributed by atoms with Crippen molar-refractivity contribution in [2.75, 3.05) is 11.1 Å². The second-order valence-electron chi connectivity index (χ2n) is 7.13. The van der Waals surface area contributed by atoms with Gasteiger partial charge in [0.1, 0.15) is 22.8 Å². The van der Waals surface area contributed by atoms with Gasteiger partial charge in [-0.15, -0.1) is 0 Å². The van der Waals surface area contributed by atoms with Gasteiger partial charge in [0.15, 0.2) is 5.69 Å². The number of aromatic nitrogens is 4. The maximum absolute atomic E-state index is 13.0. The topological polar surface area (TPSA) is 102 Å². The molecule has 0 aliphatic heterocycles. The lowest BCUT2D eigenvalue weighted by Crippen LogP contribution is -2.36. The predicted molar refractivity (Wildman–Crippen MR) is 105 cm³/mol. The van der Waals surface area contributed by atoms with Gasteiger partial charge in [-0.2, -0.15) is 18.3 Å². The number of pyridine rings is 1. The fourth-order valence-corrected chi connectivity index (χ4v) is 3.38. The molecule has 4 rings (SSSR count). The molecule has 3 aromatic heterocycles. The number of anilines is 2. The minimum absolute atomic E-state index is 0.0662. The molecular weight excluding hydrogens is 399 g/mol. The van der Waals surface area contributed by atoms with Gasteiger partial charge in [0.25, 0.3) is 5.91 Å². The highest BCUT2D eigenvalue weighted by Gasteiger charge is 2.34. The van der Waals surface area contributed by atoms with E-state index in [0.717, 1.165) is 11.9 Å². The number of nitrogens with zero attached hydrogens (tertiary/aromatic N) is 4. The Morgan fingerprint density at radius 1 is 1.33 bits per heavy atom. The molecule has 0 aromatic carbocycles. The van der Waals surface area contributed by atoms with Gasteiger partial charge in [0.2, 0.25) is 0 Å². The number of carbonyl (C=O) groups is 1. The van der Waals surface area contributed by atoms with E-state index in [0.29, 0.717) is 36.5 Å². The van der Waals surface area contributed by atoms with Crippen molar-refractivity contribution in [1.29, 1.82) is 0 Å². The molecule has 1 amide bonds. The molecule has 1 unspecified atom stereocenters. The summed E-state index contributed by atoms with van der Waals surface area (Å²) in [5.41, 5.74) is 6.31. The van der Waals surface area contributed by atoms with Crippen molar-refractivity contribution in [2.24, 2.45) is 7.05 Å². The minimum atomic E-state index is -4.50. The number of fused-ring (bicyclic) bond motifs is 1. The van der Waals surface area contributed by atoms with Crippen LogP contribution in [0.25, 0.3) is 5.65 Å². The van der Waals surface area contributed by atoms with E-state index in [2.05, 4.69) is 20.7 Å². The fraction of sp³-hybridized carbons (Fsp3) is 0.316. The lowest BCUT2D eigenvalue weighted by molar-refractivity contribution is -0.140. The quantitative estimate of drug-likeness (QED) is 0.604. The predicted octanol–water partition coefficient (Wildman–Crippen LogP) is 2.95. The van der Waals surface area contributed by atoms with Gasteiger partial charge >= 0.3 is 6.18 Å². The highest BCUT2D eigenvalue weighted by Crippen LogP contribution is 2.30. The standard InChI is InChI=1S/C19H20F3N7O/c1-28-17(23)13(9-24-28)18(30)26-12-7-5-11(6-8-12)25-15-3-2-4-16-27-14(10-29(15)16)19(20,21)22/h2-5,9-10,12,25H,6-8,23H2,1H3,(H,26,30). The zero-order chi connectivity index (χ0) is 21.5. The average Bonchev–Trinajstić information content (AvgIpc) is 3.28. The number of rotatable bonds is 4. The molecule has 158 valence electrons. The van der Waals surface area contributed by atoms with Crippen LogP contribution in [0.1, 0.15) is 35.3 Å². The zero-order valence-corrected chi connectivity index (χ0v) is 16.1. The molecular formula is C19H20F3N7O. The Bertz CT molecular complexity index is 1130. The monoisotopic (exact) mass is 419 g/mol. The number of nitrogen functional groups attached to an aromatic ring is 1. The summed E-state index contributed by atoms with van der Waals surface area (Å²) in [7, 11) is 1.66. The SMILES string of the molecule is Cn1ncc(C(=O)NC2CC=C(Nc3cccc4nc(C(F)(F)F)cn34)CC2)c1N. The van der Waals surface area contributed by atoms with Crippen LogP contribution in [0.5, 0.6) is 0 Å². The molecule has 0 fully saturated rings. The van der Waals surface area contributed by atoms with Crippen LogP contribution in [-0.2, 0) is 13.2 Å². The molecule has 1 atom stereocenters. The third kappa shape index (κ3) is 3.82. The number of allylic oxidation sites excluding steroid dienone is 1. The first-order valence-electron chi connectivity index (χ1n) is 9.32. The Morgan fingerprint density at radius 3 is 2.77 bits per heavy atom. The normalized spacial score (nSPS) is 17.1. The molecule has 1 aliphatic rings. The van der Waals surface area contributed by atoms with Crippen LogP contribution in [-0.4, -0.2) is 31.1 Å². The first-order chi connectivity index (χ1) is 14.2. The largest absolute Gasteiger partial charge is 0.434 e. The van der Waals surface area contributed by atoms with Crippen molar-refractivity contribution in [1.82, 2.24) is 24.5 Å². The van der Waals surface area contributed by atoms with Crippen LogP contribution < -0.4 is 16.4 Å². The van der Waals surface area contributed by atoms with E-state index in [-0.39, 0.29) is 17.6 Å². The molecule has 3 aromatic rings. The Morgan fingerprint density at radius 2 is 2.13 bits per heavy atom. The summed E-state index contributed by atoms with van der Waals surface area (Å²) in [6, 6.07) is 4.79. The van der Waals surface area contributed by atoms with Crippen LogP contribution in [0.2, 0.25) is 0 Å². The van der Waals surface area contributed by atoms with Crippen LogP contribution in [0.3, 0.4) is 0 Å². The van der Waals surface area contributed by atoms with Crippen LogP contribution in [0.4, 0.5) is 24.8 Å². The molecule has 30 heavy (non-hydrogen) atoms. The maximum atomic E-state index is 13.0. The second-order valence-corrected chi connectivity index (χ2v) is 7.13. The van der Waals surface area contributed by atoms with Gasteiger partial charge in [0.05, 0.1) is 6.20 Å². The first-order valence-corrected chi connectivity index (χ1v) is 9.32. The third-order valence-electron chi connectivity index (χ3n) is 5.05. The van der Waals surface area contributed by atoms with Gasteiger partial charge in [-0.3, -0.25) is 13.9 Å². The van der Waals surface area contributed by atoms with Crippen LogP contribution >= 0.6 is 0 Å². The summed E-state index contributed by atoms with van der Waals surface area (Å²) < 4.78 is 41.7. The number of alkyl halides is 3. The van der Waals surface area contributed by atoms with E-state index in [1.54, 1.807) is 19.2 Å². The summed E-state index contributed by atoms with van der Waals surface area (Å²) in [4.78, 5) is 16.0. The number of nitrogens with two attached hydrogens (primary N) is 1. The molecule has 0 saturated carbocycles. The molecule has 0 radical (unpaired) electrons. The number of carbonyl (C=O) groups excluding carboxylic acids is 1. The minimum Gasteiger partial charge on any atom is -0.383 e. The Kier molecular flexibility index (Phi) is 4.88. The van der Waals surface area contributed by atoms with Gasteiger partial charge in [-0.1, -0.05) is 12.1 Å². The van der Waals surface area contributed by atoms with Gasteiger partial charge in [0, 0.05) is 25.0 Å². The van der Waals surface area contributed by atoms with E-state index in [1.807, 2.05) is 6.08 Å². The number of amides is 1. The van der Waals surface area contributed by atoms with Crippen LogP contribution in [0, 0.1) is 0 Å². The van der Waals surface area contributed by atoms with Gasteiger partial charge in [-0.25, -0.2) is 4.98 Å². The summed E-state index contributed by atoms with van der Waals surface area (Å²) >= 11 is 0. The Balaban J connectivity index is 1.44. The van der Waals surface area contributed by atoms with E-state index in [1.165, 1.54) is 21.3 Å². The molecule has 1 aliphatic carbocycles. The number of hydrogen-bond acceptors (Lipinski definition) is 5. The molecule has 0 saturated heterocycles. The van der Waals surface area contributed by atoms with Crippen molar-refractivity contribution in [2.45, 2.75) is 31.5 Å². The van der Waals surface area contributed by atoms with Gasteiger partial charge in [-0.05, 0) is 31.4 Å². The van der Waals surface area contributed by atoms with Crippen molar-refractivity contribution < 1.29 is 18.0 Å². The van der Waals surface area contributed by atoms with E-state index in [4.69, 9.17) is 5.73 Å². The lowest BCUT2D eigenvalue weighted by atomic mass is 9.99.